The van der Waals surface area contributed by atoms with E-state index >= 15 is 0 Å². The minimum Gasteiger partial charge on any atom is -0.462 e. The molecule has 30 heavy (non-hydrogen) atoms. The van der Waals surface area contributed by atoms with E-state index < -0.39 is 29.7 Å². The average molecular weight is 448 g/mol. The summed E-state index contributed by atoms with van der Waals surface area (Å²) in [4.78, 5) is 55.3. The first-order valence-corrected chi connectivity index (χ1v) is 11.4. The van der Waals surface area contributed by atoms with Crippen molar-refractivity contribution in [3.63, 3.8) is 0 Å². The summed E-state index contributed by atoms with van der Waals surface area (Å²) in [5.41, 5.74) is 0.185. The Kier molecular flexibility index (Phi) is 5.61. The molecular weight excluding hydrogens is 426 g/mol. The van der Waals surface area contributed by atoms with Crippen LogP contribution in [0.4, 0.5) is 5.00 Å². The largest absolute Gasteiger partial charge is 0.462 e. The van der Waals surface area contributed by atoms with Crippen molar-refractivity contribution >= 4 is 49.8 Å². The third kappa shape index (κ3) is 3.72. The molecule has 3 aromatic rings. The molecule has 1 amide bonds. The number of carbonyl (C=O) groups excluding carboxylic acids is 2. The van der Waals surface area contributed by atoms with Gasteiger partial charge in [-0.15, -0.1) is 22.7 Å². The normalized spacial score (nSPS) is 13.3. The topological polar surface area (TPSA) is 110 Å². The molecule has 0 unspecified atom stereocenters. The predicted molar refractivity (Wildman–Crippen MR) is 117 cm³/mol. The minimum atomic E-state index is -0.638. The number of nitrogens with one attached hydrogen (secondary N) is 2. The molecule has 3 aromatic heterocycles. The summed E-state index contributed by atoms with van der Waals surface area (Å²) in [5.74, 6) is -1.00. The number of anilines is 1. The van der Waals surface area contributed by atoms with Gasteiger partial charge in [0.15, 0.2) is 0 Å². The van der Waals surface area contributed by atoms with Crippen LogP contribution in [0.2, 0.25) is 0 Å². The van der Waals surface area contributed by atoms with Gasteiger partial charge >= 0.3 is 11.7 Å². The van der Waals surface area contributed by atoms with Crippen molar-refractivity contribution in [3.05, 3.63) is 47.8 Å². The van der Waals surface area contributed by atoms with E-state index in [4.69, 9.17) is 4.74 Å². The Morgan fingerprint density at radius 2 is 2.00 bits per heavy atom. The van der Waals surface area contributed by atoms with Gasteiger partial charge in [0.2, 0.25) is 5.91 Å². The number of amides is 1. The Labute approximate surface area is 179 Å². The number of hydrogen-bond acceptors (Lipinski definition) is 7. The molecule has 8 nitrogen and oxygen atoms in total. The number of carbonyl (C=O) groups is 2. The highest BCUT2D eigenvalue weighted by molar-refractivity contribution is 7.18. The summed E-state index contributed by atoms with van der Waals surface area (Å²) in [6, 6.07) is 1.69. The van der Waals surface area contributed by atoms with Gasteiger partial charge in [-0.3, -0.25) is 19.1 Å². The van der Waals surface area contributed by atoms with E-state index in [0.29, 0.717) is 20.8 Å². The number of ether oxygens (including phenoxy) is 1. The van der Waals surface area contributed by atoms with Crippen molar-refractivity contribution in [2.24, 2.45) is 0 Å². The number of esters is 1. The maximum atomic E-state index is 12.7. The van der Waals surface area contributed by atoms with Crippen LogP contribution in [0.3, 0.4) is 0 Å². The van der Waals surface area contributed by atoms with Crippen LogP contribution >= 0.6 is 22.7 Å². The van der Waals surface area contributed by atoms with Crippen LogP contribution in [0.15, 0.2) is 15.7 Å². The van der Waals surface area contributed by atoms with Crippen LogP contribution in [0, 0.1) is 6.92 Å². The number of aromatic amines is 1. The maximum absolute atomic E-state index is 12.7. The number of aryl methyl sites for hydroxylation is 2. The third-order valence-electron chi connectivity index (χ3n) is 5.00. The molecule has 1 aliphatic rings. The second kappa shape index (κ2) is 8.19. The number of aromatic nitrogens is 2. The molecule has 0 bridgehead atoms. The van der Waals surface area contributed by atoms with E-state index in [1.807, 2.05) is 6.92 Å². The zero-order chi connectivity index (χ0) is 21.4. The van der Waals surface area contributed by atoms with E-state index in [1.54, 1.807) is 13.0 Å². The molecule has 0 atom stereocenters. The van der Waals surface area contributed by atoms with Gasteiger partial charge in [0.1, 0.15) is 16.4 Å². The third-order valence-corrected chi connectivity index (χ3v) is 7.18. The van der Waals surface area contributed by atoms with Gasteiger partial charge < -0.3 is 10.1 Å². The number of hydrogen-bond donors (Lipinski definition) is 2. The Morgan fingerprint density at radius 1 is 1.23 bits per heavy atom. The second-order valence-electron chi connectivity index (χ2n) is 7.10. The zero-order valence-corrected chi connectivity index (χ0v) is 18.3. The summed E-state index contributed by atoms with van der Waals surface area (Å²) >= 11 is 2.68. The van der Waals surface area contributed by atoms with Crippen molar-refractivity contribution in [2.45, 2.75) is 46.1 Å². The molecule has 10 heteroatoms. The van der Waals surface area contributed by atoms with Gasteiger partial charge in [0.25, 0.3) is 5.56 Å². The van der Waals surface area contributed by atoms with Gasteiger partial charge in [-0.25, -0.2) is 9.59 Å². The van der Waals surface area contributed by atoms with Crippen molar-refractivity contribution in [2.75, 3.05) is 11.9 Å². The predicted octanol–water partition coefficient (Wildman–Crippen LogP) is 2.82. The fraction of sp³-hybridized carbons (Fsp3) is 0.400. The second-order valence-corrected chi connectivity index (χ2v) is 9.47. The molecule has 0 spiro atoms. The van der Waals surface area contributed by atoms with Gasteiger partial charge in [-0.1, -0.05) is 0 Å². The highest BCUT2D eigenvalue weighted by atomic mass is 32.1. The molecule has 0 aromatic carbocycles. The molecule has 1 aliphatic carbocycles. The quantitative estimate of drug-likeness (QED) is 0.585. The molecule has 4 rings (SSSR count). The summed E-state index contributed by atoms with van der Waals surface area (Å²) in [7, 11) is 0. The first-order chi connectivity index (χ1) is 14.4. The molecule has 3 heterocycles. The fourth-order valence-corrected chi connectivity index (χ4v) is 5.88. The summed E-state index contributed by atoms with van der Waals surface area (Å²) in [5, 5.41) is 3.53. The minimum absolute atomic E-state index is 0.238. The molecule has 0 saturated carbocycles. The van der Waals surface area contributed by atoms with Crippen molar-refractivity contribution in [1.82, 2.24) is 9.55 Å². The summed E-state index contributed by atoms with van der Waals surface area (Å²) < 4.78 is 6.07. The first-order valence-electron chi connectivity index (χ1n) is 9.73. The number of H-pyrrole nitrogens is 1. The molecule has 0 radical (unpaired) electrons. The van der Waals surface area contributed by atoms with Gasteiger partial charge in [0, 0.05) is 9.75 Å². The molecule has 0 saturated heterocycles. The van der Waals surface area contributed by atoms with E-state index in [1.165, 1.54) is 22.7 Å². The van der Waals surface area contributed by atoms with Gasteiger partial charge in [-0.2, -0.15) is 0 Å². The van der Waals surface area contributed by atoms with E-state index in [2.05, 4.69) is 10.3 Å². The standard InChI is InChI=1S/C20H21N3O5S2/c1-3-28-19(26)15-11-6-4-5-7-13(11)30-17(15)21-14(24)9-23-18(25)12-8-10(2)29-16(12)22-20(23)27/h8H,3-7,9H2,1-2H3,(H,21,24)(H,22,27). The Bertz CT molecular complexity index is 1260. The Hall–Kier alpha value is -2.72. The van der Waals surface area contributed by atoms with Crippen LogP contribution in [0.1, 0.15) is 45.4 Å². The molecular formula is C20H21N3O5S2. The fourth-order valence-electron chi connectivity index (χ4n) is 3.69. The van der Waals surface area contributed by atoms with E-state index in [9.17, 15) is 19.2 Å². The molecule has 2 N–H and O–H groups in total. The summed E-state index contributed by atoms with van der Waals surface area (Å²) in [6.07, 6.45) is 3.64. The van der Waals surface area contributed by atoms with Crippen molar-refractivity contribution < 1.29 is 14.3 Å². The highest BCUT2D eigenvalue weighted by Gasteiger charge is 2.27. The highest BCUT2D eigenvalue weighted by Crippen LogP contribution is 2.38. The molecule has 158 valence electrons. The van der Waals surface area contributed by atoms with E-state index in [0.717, 1.165) is 45.6 Å². The molecule has 0 fully saturated rings. The van der Waals surface area contributed by atoms with Gasteiger partial charge in [-0.05, 0) is 51.2 Å². The zero-order valence-electron chi connectivity index (χ0n) is 16.6. The van der Waals surface area contributed by atoms with Crippen LogP contribution in [0.5, 0.6) is 0 Å². The monoisotopic (exact) mass is 447 g/mol. The molecule has 0 aliphatic heterocycles. The Morgan fingerprint density at radius 3 is 2.77 bits per heavy atom. The lowest BCUT2D eigenvalue weighted by Gasteiger charge is -2.12. The van der Waals surface area contributed by atoms with Crippen LogP contribution in [-0.4, -0.2) is 28.0 Å². The number of nitrogens with zero attached hydrogens (tertiary/aromatic N) is 1. The van der Waals surface area contributed by atoms with Crippen molar-refractivity contribution in [3.8, 4) is 0 Å². The number of fused-ring (bicyclic) bond motifs is 2. The average Bonchev–Trinajstić information content (AvgIpc) is 3.24. The maximum Gasteiger partial charge on any atom is 0.341 e. The number of thiophene rings is 2. The first kappa shape index (κ1) is 20.5. The smallest absolute Gasteiger partial charge is 0.341 e. The van der Waals surface area contributed by atoms with Crippen LogP contribution < -0.4 is 16.6 Å². The summed E-state index contributed by atoms with van der Waals surface area (Å²) in [6.45, 7) is 3.37. The SMILES string of the molecule is CCOC(=O)c1c(NC(=O)Cn2c(=O)[nH]c3sc(C)cc3c2=O)sc2c1CCCC2. The van der Waals surface area contributed by atoms with Crippen LogP contribution in [-0.2, 0) is 28.9 Å². The lowest BCUT2D eigenvalue weighted by molar-refractivity contribution is -0.116. The number of rotatable bonds is 5. The van der Waals surface area contributed by atoms with E-state index in [-0.39, 0.29) is 6.61 Å². The lowest BCUT2D eigenvalue weighted by Crippen LogP contribution is -2.38. The van der Waals surface area contributed by atoms with Crippen molar-refractivity contribution in [1.29, 1.82) is 0 Å². The Balaban J connectivity index is 1.64. The van der Waals surface area contributed by atoms with Crippen LogP contribution in [0.25, 0.3) is 10.2 Å². The van der Waals surface area contributed by atoms with Gasteiger partial charge in [0.05, 0.1) is 17.6 Å². The lowest BCUT2D eigenvalue weighted by atomic mass is 9.95.